The van der Waals surface area contributed by atoms with Gasteiger partial charge >= 0.3 is 5.97 Å². The maximum Gasteiger partial charge on any atom is 0.335 e. The second kappa shape index (κ2) is 9.25. The van der Waals surface area contributed by atoms with Crippen LogP contribution in [0.1, 0.15) is 20.7 Å². The number of methoxy groups -OCH3 is 3. The molecule has 0 aliphatic carbocycles. The molecule has 0 aliphatic heterocycles. The lowest BCUT2D eigenvalue weighted by Crippen LogP contribution is -2.34. The van der Waals surface area contributed by atoms with Crippen molar-refractivity contribution in [3.8, 4) is 17.2 Å². The van der Waals surface area contributed by atoms with Crippen molar-refractivity contribution in [1.29, 1.82) is 0 Å². The highest BCUT2D eigenvalue weighted by Crippen LogP contribution is 2.38. The lowest BCUT2D eigenvalue weighted by molar-refractivity contribution is 0.0696. The first-order valence-electron chi connectivity index (χ1n) is 7.75. The predicted octanol–water partition coefficient (Wildman–Crippen LogP) is 3.19. The first-order chi connectivity index (χ1) is 13.3. The molecule has 10 heteroatoms. The van der Waals surface area contributed by atoms with E-state index >= 15 is 0 Å². The summed E-state index contributed by atoms with van der Waals surface area (Å²) in [5.74, 6) is -0.694. The van der Waals surface area contributed by atoms with E-state index in [-0.39, 0.29) is 26.9 Å². The van der Waals surface area contributed by atoms with Gasteiger partial charge in [-0.25, -0.2) is 4.79 Å². The van der Waals surface area contributed by atoms with E-state index < -0.39 is 11.9 Å². The molecule has 0 unspecified atom stereocenters. The van der Waals surface area contributed by atoms with Gasteiger partial charge < -0.3 is 24.6 Å². The number of rotatable bonds is 6. The maximum atomic E-state index is 12.5. The molecule has 0 radical (unpaired) electrons. The molecule has 1 amide bonds. The zero-order valence-corrected chi connectivity index (χ0v) is 16.7. The number of anilines is 1. The standard InChI is InChI=1S/C18H17ClN2O6S/c1-25-13-7-10(8-14(26-2)15(13)27-3)16(22)21-18(28)20-12-6-9(17(23)24)4-5-11(12)19/h4-8H,1-3H3,(H,23,24)(H2,20,21,22,28). The van der Waals surface area contributed by atoms with E-state index in [4.69, 9.17) is 43.1 Å². The number of hydrogen-bond donors (Lipinski definition) is 3. The number of ether oxygens (including phenoxy) is 3. The first-order valence-corrected chi connectivity index (χ1v) is 8.54. The van der Waals surface area contributed by atoms with E-state index in [1.807, 2.05) is 0 Å². The van der Waals surface area contributed by atoms with E-state index in [1.54, 1.807) is 0 Å². The highest BCUT2D eigenvalue weighted by molar-refractivity contribution is 7.80. The molecule has 0 atom stereocenters. The summed E-state index contributed by atoms with van der Waals surface area (Å²) >= 11 is 11.2. The summed E-state index contributed by atoms with van der Waals surface area (Å²) in [4.78, 5) is 23.6. The number of amides is 1. The lowest BCUT2D eigenvalue weighted by atomic mass is 10.1. The van der Waals surface area contributed by atoms with Crippen molar-refractivity contribution in [1.82, 2.24) is 5.32 Å². The fraction of sp³-hybridized carbons (Fsp3) is 0.167. The minimum atomic E-state index is -1.12. The van der Waals surface area contributed by atoms with E-state index in [1.165, 1.54) is 51.7 Å². The van der Waals surface area contributed by atoms with Crippen molar-refractivity contribution in [2.24, 2.45) is 0 Å². The third kappa shape index (κ3) is 4.81. The van der Waals surface area contributed by atoms with E-state index in [0.717, 1.165) is 0 Å². The second-order valence-corrected chi connectivity index (χ2v) is 6.14. The Morgan fingerprint density at radius 3 is 2.11 bits per heavy atom. The van der Waals surface area contributed by atoms with Gasteiger partial charge in [-0.15, -0.1) is 0 Å². The number of carbonyl (C=O) groups excluding carboxylic acids is 1. The van der Waals surface area contributed by atoms with Gasteiger partial charge in [-0.05, 0) is 42.5 Å². The molecule has 0 aromatic heterocycles. The minimum absolute atomic E-state index is 0.0191. The molecule has 3 N–H and O–H groups in total. The van der Waals surface area contributed by atoms with Crippen LogP contribution in [-0.4, -0.2) is 43.4 Å². The van der Waals surface area contributed by atoms with Crippen LogP contribution < -0.4 is 24.8 Å². The van der Waals surface area contributed by atoms with Gasteiger partial charge in [0.25, 0.3) is 5.91 Å². The lowest BCUT2D eigenvalue weighted by Gasteiger charge is -2.15. The number of thiocarbonyl (C=S) groups is 1. The van der Waals surface area contributed by atoms with E-state index in [9.17, 15) is 9.59 Å². The van der Waals surface area contributed by atoms with Crippen molar-refractivity contribution in [3.63, 3.8) is 0 Å². The van der Waals surface area contributed by atoms with Crippen molar-refractivity contribution in [2.75, 3.05) is 26.6 Å². The average Bonchev–Trinajstić information content (AvgIpc) is 2.67. The number of halogens is 1. The normalized spacial score (nSPS) is 10.0. The Kier molecular flexibility index (Phi) is 7.02. The first kappa shape index (κ1) is 21.3. The molecule has 0 saturated carbocycles. The molecule has 8 nitrogen and oxygen atoms in total. The molecule has 28 heavy (non-hydrogen) atoms. The Bertz CT molecular complexity index is 909. The number of hydrogen-bond acceptors (Lipinski definition) is 6. The number of aromatic carboxylic acids is 1. The van der Waals surface area contributed by atoms with Gasteiger partial charge in [0.05, 0.1) is 37.6 Å². The molecule has 0 spiro atoms. The van der Waals surface area contributed by atoms with Crippen LogP contribution in [0.15, 0.2) is 30.3 Å². The summed E-state index contributed by atoms with van der Waals surface area (Å²) in [5.41, 5.74) is 0.478. The van der Waals surface area contributed by atoms with Gasteiger partial charge in [-0.1, -0.05) is 11.6 Å². The Morgan fingerprint density at radius 2 is 1.61 bits per heavy atom. The highest BCUT2D eigenvalue weighted by Gasteiger charge is 2.18. The van der Waals surface area contributed by atoms with E-state index in [2.05, 4.69) is 10.6 Å². The summed E-state index contributed by atoms with van der Waals surface area (Å²) in [6.07, 6.45) is 0. The van der Waals surface area contributed by atoms with Crippen molar-refractivity contribution in [2.45, 2.75) is 0 Å². The quantitative estimate of drug-likeness (QED) is 0.607. The summed E-state index contributed by atoms with van der Waals surface area (Å²) in [6, 6.07) is 7.02. The number of carboxylic acids is 1. The summed E-state index contributed by atoms with van der Waals surface area (Å²) in [7, 11) is 4.32. The summed E-state index contributed by atoms with van der Waals surface area (Å²) in [6.45, 7) is 0. The molecule has 0 bridgehead atoms. The molecule has 2 aromatic rings. The van der Waals surface area contributed by atoms with Crippen LogP contribution >= 0.6 is 23.8 Å². The molecular weight excluding hydrogens is 408 g/mol. The Labute approximate surface area is 171 Å². The number of nitrogens with one attached hydrogen (secondary N) is 2. The highest BCUT2D eigenvalue weighted by atomic mass is 35.5. The smallest absolute Gasteiger partial charge is 0.335 e. The van der Waals surface area contributed by atoms with Crippen molar-refractivity contribution >= 4 is 46.5 Å². The number of carbonyl (C=O) groups is 2. The van der Waals surface area contributed by atoms with Gasteiger partial charge in [-0.3, -0.25) is 10.1 Å². The third-order valence-corrected chi connectivity index (χ3v) is 4.15. The zero-order valence-electron chi connectivity index (χ0n) is 15.2. The van der Waals surface area contributed by atoms with Crippen LogP contribution in [0.2, 0.25) is 5.02 Å². The van der Waals surface area contributed by atoms with Crippen LogP contribution in [0.5, 0.6) is 17.2 Å². The second-order valence-electron chi connectivity index (χ2n) is 5.32. The zero-order chi connectivity index (χ0) is 20.8. The monoisotopic (exact) mass is 424 g/mol. The predicted molar refractivity (Wildman–Crippen MR) is 108 cm³/mol. The maximum absolute atomic E-state index is 12.5. The van der Waals surface area contributed by atoms with Gasteiger partial charge in [0.1, 0.15) is 0 Å². The minimum Gasteiger partial charge on any atom is -0.493 e. The van der Waals surface area contributed by atoms with Gasteiger partial charge in [0.2, 0.25) is 5.75 Å². The fourth-order valence-corrected chi connectivity index (χ4v) is 2.66. The Balaban J connectivity index is 2.20. The number of carboxylic acid groups (broad SMARTS) is 1. The van der Waals surface area contributed by atoms with Crippen LogP contribution in [-0.2, 0) is 0 Å². The van der Waals surface area contributed by atoms with Crippen LogP contribution in [0.4, 0.5) is 5.69 Å². The van der Waals surface area contributed by atoms with Gasteiger partial charge in [0.15, 0.2) is 16.6 Å². The fourth-order valence-electron chi connectivity index (χ4n) is 2.30. The average molecular weight is 425 g/mol. The van der Waals surface area contributed by atoms with Gasteiger partial charge in [0, 0.05) is 5.56 Å². The van der Waals surface area contributed by atoms with Crippen LogP contribution in [0, 0.1) is 0 Å². The van der Waals surface area contributed by atoms with Crippen LogP contribution in [0.3, 0.4) is 0 Å². The third-order valence-electron chi connectivity index (χ3n) is 3.62. The summed E-state index contributed by atoms with van der Waals surface area (Å²) in [5, 5.41) is 14.4. The molecule has 148 valence electrons. The molecule has 2 rings (SSSR count). The SMILES string of the molecule is COc1cc(C(=O)NC(=S)Nc2cc(C(=O)O)ccc2Cl)cc(OC)c1OC. The molecule has 0 heterocycles. The molecule has 0 aliphatic rings. The number of benzene rings is 2. The van der Waals surface area contributed by atoms with Crippen molar-refractivity contribution < 1.29 is 28.9 Å². The van der Waals surface area contributed by atoms with Crippen LogP contribution in [0.25, 0.3) is 0 Å². The largest absolute Gasteiger partial charge is 0.493 e. The Hall–Kier alpha value is -3.04. The molecule has 0 fully saturated rings. The van der Waals surface area contributed by atoms with E-state index in [0.29, 0.717) is 17.2 Å². The summed E-state index contributed by atoms with van der Waals surface area (Å²) < 4.78 is 15.6. The van der Waals surface area contributed by atoms with Gasteiger partial charge in [-0.2, -0.15) is 0 Å². The molecule has 0 saturated heterocycles. The van der Waals surface area contributed by atoms with Crippen molar-refractivity contribution in [3.05, 3.63) is 46.5 Å². The molecular formula is C18H17ClN2O6S. The topological polar surface area (TPSA) is 106 Å². The molecule has 2 aromatic carbocycles. The Morgan fingerprint density at radius 1 is 1.00 bits per heavy atom.